The van der Waals surface area contributed by atoms with Crippen LogP contribution in [0.1, 0.15) is 0 Å². The molecule has 0 atom stereocenters. The number of thiazole rings is 1. The molecule has 0 aliphatic heterocycles. The molecule has 0 radical (unpaired) electrons. The van der Waals surface area contributed by atoms with Gasteiger partial charge in [-0.15, -0.1) is 11.3 Å². The summed E-state index contributed by atoms with van der Waals surface area (Å²) in [5.74, 6) is 0. The minimum atomic E-state index is -3.55. The molecule has 2 heterocycles. The predicted molar refractivity (Wildman–Crippen MR) is 55.5 cm³/mol. The van der Waals surface area contributed by atoms with Crippen molar-refractivity contribution in [2.24, 2.45) is 5.14 Å². The zero-order valence-electron chi connectivity index (χ0n) is 7.52. The van der Waals surface area contributed by atoms with Gasteiger partial charge in [0.25, 0.3) is 10.0 Å². The van der Waals surface area contributed by atoms with E-state index in [-0.39, 0.29) is 4.34 Å². The van der Waals surface area contributed by atoms with Crippen LogP contribution in [0, 0.1) is 0 Å². The third-order valence-corrected chi connectivity index (χ3v) is 3.27. The molecule has 0 fully saturated rings. The first-order valence-electron chi connectivity index (χ1n) is 3.73. The van der Waals surface area contributed by atoms with Gasteiger partial charge in [-0.25, -0.2) is 28.5 Å². The first-order valence-corrected chi connectivity index (χ1v) is 6.15. The molecule has 0 bridgehead atoms. The number of nitrogens with zero attached hydrogens (tertiary/aromatic N) is 3. The maximum atomic E-state index is 10.4. The van der Waals surface area contributed by atoms with Crippen molar-refractivity contribution in [1.29, 1.82) is 0 Å². The summed E-state index contributed by atoms with van der Waals surface area (Å²) in [6.07, 6.45) is 6.27. The van der Waals surface area contributed by atoms with E-state index in [1.807, 2.05) is 0 Å². The Morgan fingerprint density at radius 3 is 2.07 bits per heavy atom. The van der Waals surface area contributed by atoms with Crippen LogP contribution in [0.25, 0.3) is 0 Å². The third-order valence-electron chi connectivity index (χ3n) is 1.13. The SMILES string of the molecule is NS(=O)(=O)c1nccs1.c1cncnc1. The van der Waals surface area contributed by atoms with E-state index in [1.165, 1.54) is 12.5 Å². The average molecular weight is 244 g/mol. The highest BCUT2D eigenvalue weighted by molar-refractivity contribution is 7.91. The summed E-state index contributed by atoms with van der Waals surface area (Å²) in [7, 11) is -3.55. The highest BCUT2D eigenvalue weighted by atomic mass is 32.2. The summed E-state index contributed by atoms with van der Waals surface area (Å²) >= 11 is 1.01. The van der Waals surface area contributed by atoms with Crippen molar-refractivity contribution in [2.45, 2.75) is 4.34 Å². The Morgan fingerprint density at radius 2 is 1.87 bits per heavy atom. The largest absolute Gasteiger partial charge is 0.265 e. The van der Waals surface area contributed by atoms with Gasteiger partial charge in [0, 0.05) is 24.0 Å². The molecule has 2 aromatic heterocycles. The highest BCUT2D eigenvalue weighted by Crippen LogP contribution is 2.07. The molecule has 0 saturated carbocycles. The molecule has 0 spiro atoms. The summed E-state index contributed by atoms with van der Waals surface area (Å²) in [5.41, 5.74) is 0. The van der Waals surface area contributed by atoms with Gasteiger partial charge in [0.05, 0.1) is 0 Å². The molecule has 0 aromatic carbocycles. The lowest BCUT2D eigenvalue weighted by atomic mass is 10.7. The van der Waals surface area contributed by atoms with Crippen LogP contribution in [-0.2, 0) is 10.0 Å². The van der Waals surface area contributed by atoms with E-state index >= 15 is 0 Å². The molecular weight excluding hydrogens is 236 g/mol. The number of aromatic nitrogens is 3. The van der Waals surface area contributed by atoms with E-state index in [0.29, 0.717) is 0 Å². The van der Waals surface area contributed by atoms with Crippen LogP contribution >= 0.6 is 11.3 Å². The molecule has 15 heavy (non-hydrogen) atoms. The van der Waals surface area contributed by atoms with Crippen molar-refractivity contribution >= 4 is 21.4 Å². The van der Waals surface area contributed by atoms with E-state index in [0.717, 1.165) is 11.3 Å². The van der Waals surface area contributed by atoms with Crippen LogP contribution in [0.2, 0.25) is 0 Å². The van der Waals surface area contributed by atoms with Gasteiger partial charge in [-0.1, -0.05) is 0 Å². The van der Waals surface area contributed by atoms with E-state index in [4.69, 9.17) is 5.14 Å². The maximum Gasteiger partial charge on any atom is 0.265 e. The Labute approximate surface area is 90.9 Å². The van der Waals surface area contributed by atoms with E-state index < -0.39 is 10.0 Å². The summed E-state index contributed by atoms with van der Waals surface area (Å²) in [6.45, 7) is 0. The Balaban J connectivity index is 0.000000162. The maximum absolute atomic E-state index is 10.4. The topological polar surface area (TPSA) is 98.8 Å². The smallest absolute Gasteiger partial charge is 0.245 e. The fourth-order valence-electron chi connectivity index (χ4n) is 0.604. The van der Waals surface area contributed by atoms with Crippen LogP contribution in [-0.4, -0.2) is 23.4 Å². The summed E-state index contributed by atoms with van der Waals surface area (Å²) in [5, 5.41) is 6.28. The lowest BCUT2D eigenvalue weighted by Gasteiger charge is -1.84. The quantitative estimate of drug-likeness (QED) is 0.776. The molecular formula is C7H8N4O2S2. The van der Waals surface area contributed by atoms with Gasteiger partial charge in [-0.2, -0.15) is 0 Å². The number of hydrogen-bond acceptors (Lipinski definition) is 6. The van der Waals surface area contributed by atoms with Crippen molar-refractivity contribution in [1.82, 2.24) is 15.0 Å². The Morgan fingerprint density at radius 1 is 1.20 bits per heavy atom. The molecule has 0 aliphatic carbocycles. The normalized spacial score (nSPS) is 10.2. The first-order chi connectivity index (χ1) is 7.11. The number of rotatable bonds is 1. The second-order valence-electron chi connectivity index (χ2n) is 2.25. The molecule has 0 amide bonds. The van der Waals surface area contributed by atoms with Gasteiger partial charge in [0.1, 0.15) is 6.33 Å². The second kappa shape index (κ2) is 5.49. The average Bonchev–Trinajstić information content (AvgIpc) is 2.73. The van der Waals surface area contributed by atoms with Crippen LogP contribution in [0.3, 0.4) is 0 Å². The molecule has 0 saturated heterocycles. The summed E-state index contributed by atoms with van der Waals surface area (Å²) in [6, 6.07) is 1.78. The molecule has 8 heteroatoms. The number of nitrogens with two attached hydrogens (primary N) is 1. The Bertz CT molecular complexity index is 442. The molecule has 0 unspecified atom stereocenters. The van der Waals surface area contributed by atoms with Crippen LogP contribution in [0.5, 0.6) is 0 Å². The molecule has 2 aromatic rings. The van der Waals surface area contributed by atoms with Crippen LogP contribution in [0.4, 0.5) is 0 Å². The van der Waals surface area contributed by atoms with Gasteiger partial charge in [-0.05, 0) is 6.07 Å². The van der Waals surface area contributed by atoms with Gasteiger partial charge >= 0.3 is 0 Å². The second-order valence-corrected chi connectivity index (χ2v) is 4.88. The van der Waals surface area contributed by atoms with Crippen molar-refractivity contribution in [3.63, 3.8) is 0 Å². The molecule has 2 rings (SSSR count). The minimum Gasteiger partial charge on any atom is -0.245 e. The standard InChI is InChI=1S/C4H4N2.C3H4N2O2S2/c1-2-5-4-6-3-1;4-9(6,7)3-5-1-2-8-3/h1-4H;1-2H,(H2,4,6,7). The van der Waals surface area contributed by atoms with Crippen LogP contribution in [0.15, 0.2) is 40.7 Å². The lowest BCUT2D eigenvalue weighted by molar-refractivity contribution is 0.597. The van der Waals surface area contributed by atoms with Crippen molar-refractivity contribution in [3.8, 4) is 0 Å². The van der Waals surface area contributed by atoms with E-state index in [2.05, 4.69) is 15.0 Å². The van der Waals surface area contributed by atoms with Crippen LogP contribution < -0.4 is 5.14 Å². The number of sulfonamides is 1. The lowest BCUT2D eigenvalue weighted by Crippen LogP contribution is -2.11. The Hall–Kier alpha value is -1.38. The van der Waals surface area contributed by atoms with Gasteiger partial charge in [-0.3, -0.25) is 0 Å². The number of hydrogen-bond donors (Lipinski definition) is 1. The van der Waals surface area contributed by atoms with E-state index in [9.17, 15) is 8.42 Å². The van der Waals surface area contributed by atoms with Gasteiger partial charge in [0.2, 0.25) is 4.34 Å². The predicted octanol–water partition coefficient (Wildman–Crippen LogP) is 0.267. The molecule has 0 aliphatic rings. The van der Waals surface area contributed by atoms with Crippen molar-refractivity contribution in [2.75, 3.05) is 0 Å². The monoisotopic (exact) mass is 244 g/mol. The minimum absolute atomic E-state index is 0.0394. The van der Waals surface area contributed by atoms with E-state index in [1.54, 1.807) is 23.8 Å². The summed E-state index contributed by atoms with van der Waals surface area (Å²) in [4.78, 5) is 10.8. The highest BCUT2D eigenvalue weighted by Gasteiger charge is 2.08. The fourth-order valence-corrected chi connectivity index (χ4v) is 1.88. The molecule has 6 nitrogen and oxygen atoms in total. The van der Waals surface area contributed by atoms with Crippen molar-refractivity contribution in [3.05, 3.63) is 36.4 Å². The van der Waals surface area contributed by atoms with Crippen molar-refractivity contribution < 1.29 is 8.42 Å². The Kier molecular flexibility index (Phi) is 4.28. The number of primary sulfonamides is 1. The van der Waals surface area contributed by atoms with Gasteiger partial charge in [0.15, 0.2) is 0 Å². The fraction of sp³-hybridized carbons (Fsp3) is 0. The summed E-state index contributed by atoms with van der Waals surface area (Å²) < 4.78 is 20.8. The molecule has 2 N–H and O–H groups in total. The zero-order chi connectivity index (χ0) is 11.1. The van der Waals surface area contributed by atoms with Gasteiger partial charge < -0.3 is 0 Å². The molecule has 80 valence electrons. The zero-order valence-corrected chi connectivity index (χ0v) is 9.15. The third kappa shape index (κ3) is 4.58. The first kappa shape index (κ1) is 11.7.